The molecule has 0 radical (unpaired) electrons. The van der Waals surface area contributed by atoms with Gasteiger partial charge in [-0.1, -0.05) is 67.5 Å². The van der Waals surface area contributed by atoms with E-state index in [4.69, 9.17) is 11.6 Å². The van der Waals surface area contributed by atoms with E-state index in [0.29, 0.717) is 35.5 Å². The first-order valence-corrected chi connectivity index (χ1v) is 11.4. The van der Waals surface area contributed by atoms with Crippen molar-refractivity contribution in [3.8, 4) is 6.07 Å². The number of fused-ring (bicyclic) bond motifs is 1. The van der Waals surface area contributed by atoms with Crippen molar-refractivity contribution in [1.82, 2.24) is 4.90 Å². The van der Waals surface area contributed by atoms with Gasteiger partial charge >= 0.3 is 0 Å². The molecule has 30 heavy (non-hydrogen) atoms. The van der Waals surface area contributed by atoms with Gasteiger partial charge in [-0.05, 0) is 41.7 Å². The smallest absolute Gasteiger partial charge is 0.229 e. The molecular formula is C24H24ClN3OS. The van der Waals surface area contributed by atoms with Crippen LogP contribution >= 0.6 is 23.4 Å². The standard InChI is InChI=1S/C24H24ClN3OS/c1-15(2)17-5-7-18(8-6-17)20-11-23(29)28-13-27(14-30-24(28)21(20)12-26)19-9-4-16(3)22(25)10-19/h4-10,15,20H,11,13-14H2,1-3H3. The van der Waals surface area contributed by atoms with E-state index in [1.54, 1.807) is 16.7 Å². The fourth-order valence-electron chi connectivity index (χ4n) is 3.90. The van der Waals surface area contributed by atoms with Crippen LogP contribution in [0.2, 0.25) is 5.02 Å². The van der Waals surface area contributed by atoms with Crippen molar-refractivity contribution in [2.45, 2.75) is 39.0 Å². The molecule has 2 aliphatic rings. The minimum atomic E-state index is -0.178. The number of hydrogen-bond acceptors (Lipinski definition) is 4. The molecule has 1 amide bonds. The second-order valence-electron chi connectivity index (χ2n) is 8.12. The van der Waals surface area contributed by atoms with Crippen molar-refractivity contribution >= 4 is 35.0 Å². The average Bonchev–Trinajstić information content (AvgIpc) is 2.75. The van der Waals surface area contributed by atoms with Crippen LogP contribution in [0.1, 0.15) is 48.8 Å². The number of thioether (sulfide) groups is 1. The summed E-state index contributed by atoms with van der Waals surface area (Å²) < 4.78 is 0. The lowest BCUT2D eigenvalue weighted by molar-refractivity contribution is -0.129. The summed E-state index contributed by atoms with van der Waals surface area (Å²) in [6, 6.07) is 16.7. The lowest BCUT2D eigenvalue weighted by atomic mass is 9.85. The third kappa shape index (κ3) is 3.82. The van der Waals surface area contributed by atoms with E-state index < -0.39 is 0 Å². The molecular weight excluding hydrogens is 414 g/mol. The van der Waals surface area contributed by atoms with E-state index in [1.165, 1.54) is 5.56 Å². The van der Waals surface area contributed by atoms with Gasteiger partial charge in [0.25, 0.3) is 0 Å². The van der Waals surface area contributed by atoms with Crippen LogP contribution in [0.5, 0.6) is 0 Å². The lowest BCUT2D eigenvalue weighted by Gasteiger charge is -2.42. The zero-order valence-corrected chi connectivity index (χ0v) is 18.9. The van der Waals surface area contributed by atoms with Gasteiger partial charge in [-0.3, -0.25) is 9.69 Å². The monoisotopic (exact) mass is 437 g/mol. The highest BCUT2D eigenvalue weighted by Crippen LogP contribution is 2.43. The molecule has 1 saturated heterocycles. The largest absolute Gasteiger partial charge is 0.344 e. The van der Waals surface area contributed by atoms with Crippen molar-refractivity contribution < 1.29 is 4.79 Å². The first kappa shape index (κ1) is 20.8. The highest BCUT2D eigenvalue weighted by Gasteiger charge is 2.38. The molecule has 2 aliphatic heterocycles. The van der Waals surface area contributed by atoms with Gasteiger partial charge in [-0.2, -0.15) is 5.26 Å². The number of halogens is 1. The van der Waals surface area contributed by atoms with Crippen LogP contribution in [0.25, 0.3) is 0 Å². The fourth-order valence-corrected chi connectivity index (χ4v) is 5.24. The maximum absolute atomic E-state index is 13.1. The SMILES string of the molecule is Cc1ccc(N2CSC3=C(C#N)C(c4ccc(C(C)C)cc4)CC(=O)N3C2)cc1Cl. The minimum absolute atomic E-state index is 0.0531. The zero-order chi connectivity index (χ0) is 21.4. The Bertz CT molecular complexity index is 1060. The van der Waals surface area contributed by atoms with Crippen molar-refractivity contribution in [1.29, 1.82) is 5.26 Å². The molecule has 0 saturated carbocycles. The van der Waals surface area contributed by atoms with Gasteiger partial charge in [-0.25, -0.2) is 0 Å². The second kappa shape index (κ2) is 8.37. The summed E-state index contributed by atoms with van der Waals surface area (Å²) in [6.07, 6.45) is 0.316. The highest BCUT2D eigenvalue weighted by molar-refractivity contribution is 8.03. The number of carbonyl (C=O) groups is 1. The summed E-state index contributed by atoms with van der Waals surface area (Å²) in [5.41, 5.74) is 4.99. The quantitative estimate of drug-likeness (QED) is 0.591. The Balaban J connectivity index is 1.63. The summed E-state index contributed by atoms with van der Waals surface area (Å²) in [4.78, 5) is 16.9. The predicted octanol–water partition coefficient (Wildman–Crippen LogP) is 5.99. The fraction of sp³-hybridized carbons (Fsp3) is 0.333. The zero-order valence-electron chi connectivity index (χ0n) is 17.4. The van der Waals surface area contributed by atoms with Crippen LogP contribution < -0.4 is 4.90 Å². The number of aryl methyl sites for hydroxylation is 1. The lowest BCUT2D eigenvalue weighted by Crippen LogP contribution is -2.47. The van der Waals surface area contributed by atoms with Gasteiger partial charge in [0.15, 0.2) is 0 Å². The van der Waals surface area contributed by atoms with Crippen LogP contribution in [-0.4, -0.2) is 23.4 Å². The van der Waals surface area contributed by atoms with E-state index in [1.807, 2.05) is 25.1 Å². The molecule has 2 aromatic rings. The third-order valence-corrected chi connectivity index (χ3v) is 7.38. The Hall–Kier alpha value is -2.42. The number of carbonyl (C=O) groups excluding carboxylic acids is 1. The molecule has 0 N–H and O–H groups in total. The van der Waals surface area contributed by atoms with Crippen LogP contribution in [0, 0.1) is 18.3 Å². The predicted molar refractivity (Wildman–Crippen MR) is 123 cm³/mol. The van der Waals surface area contributed by atoms with Gasteiger partial charge in [0, 0.05) is 23.0 Å². The molecule has 0 spiro atoms. The van der Waals surface area contributed by atoms with E-state index in [-0.39, 0.29) is 11.8 Å². The molecule has 4 rings (SSSR count). The first-order valence-electron chi connectivity index (χ1n) is 10.1. The Morgan fingerprint density at radius 3 is 2.57 bits per heavy atom. The average molecular weight is 438 g/mol. The molecule has 2 aromatic carbocycles. The summed E-state index contributed by atoms with van der Waals surface area (Å²) >= 11 is 7.84. The van der Waals surface area contributed by atoms with Gasteiger partial charge in [0.1, 0.15) is 0 Å². The molecule has 0 aromatic heterocycles. The molecule has 0 bridgehead atoms. The summed E-state index contributed by atoms with van der Waals surface area (Å²) in [7, 11) is 0. The first-order chi connectivity index (χ1) is 14.4. The van der Waals surface area contributed by atoms with Gasteiger partial charge in [0.2, 0.25) is 5.91 Å². The molecule has 4 nitrogen and oxygen atoms in total. The topological polar surface area (TPSA) is 47.3 Å². The Kier molecular flexibility index (Phi) is 5.81. The van der Waals surface area contributed by atoms with Crippen molar-refractivity contribution in [3.05, 3.63) is 74.8 Å². The highest BCUT2D eigenvalue weighted by atomic mass is 35.5. The molecule has 0 aliphatic carbocycles. The number of rotatable bonds is 3. The Morgan fingerprint density at radius 2 is 1.93 bits per heavy atom. The van der Waals surface area contributed by atoms with Gasteiger partial charge in [0.05, 0.1) is 29.2 Å². The van der Waals surface area contributed by atoms with Crippen molar-refractivity contribution in [2.24, 2.45) is 0 Å². The summed E-state index contributed by atoms with van der Waals surface area (Å²) in [5, 5.41) is 11.5. The third-order valence-electron chi connectivity index (χ3n) is 5.82. The number of anilines is 1. The van der Waals surface area contributed by atoms with Gasteiger partial charge in [-0.15, -0.1) is 0 Å². The van der Waals surface area contributed by atoms with E-state index in [0.717, 1.165) is 21.8 Å². The van der Waals surface area contributed by atoms with E-state index in [9.17, 15) is 10.1 Å². The number of nitrogens with zero attached hydrogens (tertiary/aromatic N) is 3. The molecule has 2 heterocycles. The minimum Gasteiger partial charge on any atom is -0.344 e. The number of amides is 1. The van der Waals surface area contributed by atoms with E-state index >= 15 is 0 Å². The second-order valence-corrected chi connectivity index (χ2v) is 9.46. The number of benzene rings is 2. The maximum atomic E-state index is 13.1. The van der Waals surface area contributed by atoms with Crippen molar-refractivity contribution in [3.63, 3.8) is 0 Å². The van der Waals surface area contributed by atoms with Crippen molar-refractivity contribution in [2.75, 3.05) is 17.4 Å². The summed E-state index contributed by atoms with van der Waals surface area (Å²) in [5.74, 6) is 0.995. The number of allylic oxidation sites excluding steroid dienone is 1. The van der Waals surface area contributed by atoms with Gasteiger partial charge < -0.3 is 4.90 Å². The van der Waals surface area contributed by atoms with Crippen LogP contribution in [-0.2, 0) is 4.79 Å². The Morgan fingerprint density at radius 1 is 1.20 bits per heavy atom. The van der Waals surface area contributed by atoms with Crippen LogP contribution in [0.3, 0.4) is 0 Å². The summed E-state index contributed by atoms with van der Waals surface area (Å²) in [6.45, 7) is 6.72. The Labute approximate surface area is 187 Å². The molecule has 1 fully saturated rings. The maximum Gasteiger partial charge on any atom is 0.229 e. The molecule has 154 valence electrons. The van der Waals surface area contributed by atoms with E-state index in [2.05, 4.69) is 49.1 Å². The molecule has 1 atom stereocenters. The molecule has 6 heteroatoms. The van der Waals surface area contributed by atoms with Crippen LogP contribution in [0.4, 0.5) is 5.69 Å². The molecule has 1 unspecified atom stereocenters. The number of hydrogen-bond donors (Lipinski definition) is 0. The normalized spacial score (nSPS) is 19.2. The van der Waals surface area contributed by atoms with Crippen LogP contribution in [0.15, 0.2) is 53.1 Å². The number of nitriles is 1.